The molecule has 1 fully saturated rings. The molecule has 1 aliphatic carbocycles. The highest BCUT2D eigenvalue weighted by atomic mass is 16.7. The van der Waals surface area contributed by atoms with Crippen LogP contribution >= 0.6 is 0 Å². The first kappa shape index (κ1) is 17.2. The Morgan fingerprint density at radius 1 is 1.23 bits per heavy atom. The summed E-state index contributed by atoms with van der Waals surface area (Å²) in [6.45, 7) is 6.13. The van der Waals surface area contributed by atoms with Crippen molar-refractivity contribution in [3.05, 3.63) is 48.6 Å². The Balaban J connectivity index is 1.94. The SMILES string of the molecule is C=CCC(NO[C@@H](CCC)c1ccccc1)C1CCCCC1. The Hall–Kier alpha value is -1.12. The zero-order valence-corrected chi connectivity index (χ0v) is 14.0. The van der Waals surface area contributed by atoms with Crippen molar-refractivity contribution in [3.8, 4) is 0 Å². The molecule has 1 aromatic carbocycles. The molecule has 0 heterocycles. The third kappa shape index (κ3) is 5.26. The molecule has 122 valence electrons. The molecular weight excluding hydrogens is 270 g/mol. The monoisotopic (exact) mass is 301 g/mol. The first-order valence-corrected chi connectivity index (χ1v) is 8.92. The number of rotatable bonds is 9. The lowest BCUT2D eigenvalue weighted by Crippen LogP contribution is -2.37. The van der Waals surface area contributed by atoms with E-state index in [9.17, 15) is 0 Å². The Bertz CT molecular complexity index is 411. The van der Waals surface area contributed by atoms with Gasteiger partial charge in [-0.05, 0) is 37.2 Å². The van der Waals surface area contributed by atoms with Crippen LogP contribution in [-0.4, -0.2) is 6.04 Å². The summed E-state index contributed by atoms with van der Waals surface area (Å²) < 4.78 is 0. The molecule has 0 saturated heterocycles. The van der Waals surface area contributed by atoms with Crippen LogP contribution in [0.5, 0.6) is 0 Å². The Labute approximate surface area is 135 Å². The van der Waals surface area contributed by atoms with Gasteiger partial charge in [-0.2, -0.15) is 5.48 Å². The van der Waals surface area contributed by atoms with Crippen LogP contribution in [0, 0.1) is 5.92 Å². The first-order valence-electron chi connectivity index (χ1n) is 8.92. The standard InChI is InChI=1S/C20H31NO/c1-3-11-19(17-13-7-5-8-14-17)21-22-20(12-4-2)18-15-9-6-10-16-18/h3,6,9-10,15-17,19-21H,1,4-5,7-8,11-14H2,2H3/t19?,20-/m0/s1. The second kappa shape index (κ2) is 9.81. The molecule has 0 radical (unpaired) electrons. The zero-order chi connectivity index (χ0) is 15.6. The van der Waals surface area contributed by atoms with Gasteiger partial charge in [0.2, 0.25) is 0 Å². The predicted octanol–water partition coefficient (Wildman–Crippen LogP) is 5.57. The molecule has 0 aliphatic heterocycles. The summed E-state index contributed by atoms with van der Waals surface area (Å²) in [6.07, 6.45) is 12.1. The fourth-order valence-corrected chi connectivity index (χ4v) is 3.45. The van der Waals surface area contributed by atoms with Gasteiger partial charge >= 0.3 is 0 Å². The summed E-state index contributed by atoms with van der Waals surface area (Å²) in [7, 11) is 0. The van der Waals surface area contributed by atoms with Crippen molar-refractivity contribution >= 4 is 0 Å². The van der Waals surface area contributed by atoms with Crippen LogP contribution in [0.3, 0.4) is 0 Å². The molecule has 1 aliphatic rings. The fourth-order valence-electron chi connectivity index (χ4n) is 3.45. The quantitative estimate of drug-likeness (QED) is 0.475. The van der Waals surface area contributed by atoms with E-state index < -0.39 is 0 Å². The van der Waals surface area contributed by atoms with Crippen molar-refractivity contribution in [1.82, 2.24) is 5.48 Å². The van der Waals surface area contributed by atoms with Gasteiger partial charge in [-0.1, -0.05) is 69.0 Å². The molecule has 1 unspecified atom stereocenters. The minimum absolute atomic E-state index is 0.141. The summed E-state index contributed by atoms with van der Waals surface area (Å²) in [5, 5.41) is 0. The molecule has 0 bridgehead atoms. The number of hydrogen-bond acceptors (Lipinski definition) is 2. The van der Waals surface area contributed by atoms with Gasteiger partial charge in [-0.25, -0.2) is 0 Å². The lowest BCUT2D eigenvalue weighted by Gasteiger charge is -2.31. The summed E-state index contributed by atoms with van der Waals surface area (Å²) in [5.74, 6) is 0.727. The normalized spacial score (nSPS) is 18.8. The average molecular weight is 301 g/mol. The largest absolute Gasteiger partial charge is 0.293 e. The highest BCUT2D eigenvalue weighted by molar-refractivity contribution is 5.17. The van der Waals surface area contributed by atoms with E-state index in [1.807, 2.05) is 6.08 Å². The summed E-state index contributed by atoms with van der Waals surface area (Å²) in [6, 6.07) is 11.0. The van der Waals surface area contributed by atoms with Gasteiger partial charge in [0.1, 0.15) is 6.10 Å². The van der Waals surface area contributed by atoms with E-state index in [1.54, 1.807) is 0 Å². The molecule has 1 aromatic rings. The van der Waals surface area contributed by atoms with Crippen LogP contribution < -0.4 is 5.48 Å². The van der Waals surface area contributed by atoms with E-state index in [4.69, 9.17) is 4.84 Å². The molecule has 1 saturated carbocycles. The smallest absolute Gasteiger partial charge is 0.104 e. The second-order valence-corrected chi connectivity index (χ2v) is 6.45. The van der Waals surface area contributed by atoms with E-state index in [-0.39, 0.29) is 6.10 Å². The Morgan fingerprint density at radius 2 is 1.95 bits per heavy atom. The van der Waals surface area contributed by atoms with Gasteiger partial charge in [0, 0.05) is 6.04 Å². The third-order valence-corrected chi connectivity index (χ3v) is 4.72. The van der Waals surface area contributed by atoms with Crippen molar-refractivity contribution < 1.29 is 4.84 Å². The predicted molar refractivity (Wildman–Crippen MR) is 93.5 cm³/mol. The van der Waals surface area contributed by atoms with Crippen LogP contribution in [-0.2, 0) is 4.84 Å². The Morgan fingerprint density at radius 3 is 2.59 bits per heavy atom. The van der Waals surface area contributed by atoms with Crippen molar-refractivity contribution in [3.63, 3.8) is 0 Å². The van der Waals surface area contributed by atoms with Crippen LogP contribution in [0.25, 0.3) is 0 Å². The molecule has 2 rings (SSSR count). The molecule has 2 atom stereocenters. The summed E-state index contributed by atoms with van der Waals surface area (Å²) >= 11 is 0. The minimum Gasteiger partial charge on any atom is -0.293 e. The molecule has 22 heavy (non-hydrogen) atoms. The topological polar surface area (TPSA) is 21.3 Å². The Kier molecular flexibility index (Phi) is 7.68. The molecular formula is C20H31NO. The molecule has 0 amide bonds. The van der Waals surface area contributed by atoms with E-state index >= 15 is 0 Å². The number of nitrogens with one attached hydrogen (secondary N) is 1. The molecule has 0 aromatic heterocycles. The lowest BCUT2D eigenvalue weighted by atomic mass is 9.83. The van der Waals surface area contributed by atoms with Gasteiger partial charge < -0.3 is 0 Å². The van der Waals surface area contributed by atoms with Crippen LogP contribution in [0.4, 0.5) is 0 Å². The average Bonchev–Trinajstić information content (AvgIpc) is 2.59. The van der Waals surface area contributed by atoms with E-state index in [2.05, 4.69) is 49.3 Å². The van der Waals surface area contributed by atoms with Crippen LogP contribution in [0.15, 0.2) is 43.0 Å². The van der Waals surface area contributed by atoms with Crippen molar-refractivity contribution in [2.75, 3.05) is 0 Å². The van der Waals surface area contributed by atoms with Gasteiger partial charge in [-0.15, -0.1) is 6.58 Å². The molecule has 2 heteroatoms. The molecule has 0 spiro atoms. The van der Waals surface area contributed by atoms with Gasteiger partial charge in [0.15, 0.2) is 0 Å². The number of benzene rings is 1. The van der Waals surface area contributed by atoms with Crippen molar-refractivity contribution in [2.45, 2.75) is 70.4 Å². The number of hydroxylamine groups is 1. The van der Waals surface area contributed by atoms with Gasteiger partial charge in [0.05, 0.1) is 0 Å². The van der Waals surface area contributed by atoms with Crippen molar-refractivity contribution in [2.24, 2.45) is 5.92 Å². The van der Waals surface area contributed by atoms with E-state index in [0.29, 0.717) is 6.04 Å². The third-order valence-electron chi connectivity index (χ3n) is 4.72. The van der Waals surface area contributed by atoms with Crippen LogP contribution in [0.2, 0.25) is 0 Å². The minimum atomic E-state index is 0.141. The lowest BCUT2D eigenvalue weighted by molar-refractivity contribution is -0.0622. The summed E-state index contributed by atoms with van der Waals surface area (Å²) in [4.78, 5) is 6.14. The van der Waals surface area contributed by atoms with Crippen molar-refractivity contribution in [1.29, 1.82) is 0 Å². The van der Waals surface area contributed by atoms with Gasteiger partial charge in [0.25, 0.3) is 0 Å². The second-order valence-electron chi connectivity index (χ2n) is 6.45. The maximum absolute atomic E-state index is 6.14. The number of hydrogen-bond donors (Lipinski definition) is 1. The van der Waals surface area contributed by atoms with Crippen LogP contribution in [0.1, 0.15) is 70.0 Å². The molecule has 2 nitrogen and oxygen atoms in total. The maximum atomic E-state index is 6.14. The van der Waals surface area contributed by atoms with E-state index in [1.165, 1.54) is 37.7 Å². The highest BCUT2D eigenvalue weighted by Gasteiger charge is 2.24. The maximum Gasteiger partial charge on any atom is 0.104 e. The highest BCUT2D eigenvalue weighted by Crippen LogP contribution is 2.29. The summed E-state index contributed by atoms with van der Waals surface area (Å²) in [5.41, 5.74) is 4.66. The molecule has 1 N–H and O–H groups in total. The zero-order valence-electron chi connectivity index (χ0n) is 14.0. The first-order chi connectivity index (χ1) is 10.8. The van der Waals surface area contributed by atoms with Gasteiger partial charge in [-0.3, -0.25) is 4.84 Å². The fraction of sp³-hybridized carbons (Fsp3) is 0.600. The van der Waals surface area contributed by atoms with E-state index in [0.717, 1.165) is 25.2 Å².